The van der Waals surface area contributed by atoms with Gasteiger partial charge in [-0.2, -0.15) is 0 Å². The molecule has 2 aromatic rings. The Bertz CT molecular complexity index is 1010. The average molecular weight is 511 g/mol. The van der Waals surface area contributed by atoms with Crippen LogP contribution in [0.15, 0.2) is 42.5 Å². The third-order valence-electron chi connectivity index (χ3n) is 6.02. The molecule has 0 spiro atoms. The van der Waals surface area contributed by atoms with Crippen LogP contribution in [0.1, 0.15) is 92.6 Å². The number of halogens is 1. The number of carboxylic acids is 1. The molecule has 0 bridgehead atoms. The van der Waals surface area contributed by atoms with Gasteiger partial charge in [0.25, 0.3) is 5.91 Å². The third kappa shape index (κ3) is 12.1. The highest BCUT2D eigenvalue weighted by Crippen LogP contribution is 2.18. The van der Waals surface area contributed by atoms with E-state index in [1.807, 2.05) is 43.3 Å². The zero-order valence-electron chi connectivity index (χ0n) is 21.4. The molecular weight excluding hydrogens is 472 g/mol. The Balaban J connectivity index is 1.48. The number of anilines is 1. The number of aryl methyl sites for hydroxylation is 1. The summed E-state index contributed by atoms with van der Waals surface area (Å²) in [7, 11) is 0. The van der Waals surface area contributed by atoms with E-state index >= 15 is 0 Å². The lowest BCUT2D eigenvalue weighted by molar-refractivity contribution is -0.135. The average Bonchev–Trinajstić information content (AvgIpc) is 2.88. The number of nitrogens with one attached hydrogen (secondary N) is 2. The Morgan fingerprint density at radius 2 is 1.53 bits per heavy atom. The van der Waals surface area contributed by atoms with Crippen molar-refractivity contribution in [2.45, 2.75) is 77.6 Å². The smallest absolute Gasteiger partial charge is 0.322 e. The van der Waals surface area contributed by atoms with Crippen molar-refractivity contribution in [2.75, 3.05) is 18.4 Å². The number of carbonyl (C=O) groups is 2. The quantitative estimate of drug-likeness (QED) is 0.166. The largest absolute Gasteiger partial charge is 0.480 e. The lowest BCUT2D eigenvalue weighted by Gasteiger charge is -2.12. The minimum Gasteiger partial charge on any atom is -0.480 e. The van der Waals surface area contributed by atoms with Crippen molar-refractivity contribution in [3.05, 3.63) is 64.2 Å². The van der Waals surface area contributed by atoms with Gasteiger partial charge in [-0.1, -0.05) is 75.3 Å². The zero-order chi connectivity index (χ0) is 26.0. The van der Waals surface area contributed by atoms with E-state index < -0.39 is 5.97 Å². The number of amides is 1. The van der Waals surface area contributed by atoms with Crippen LogP contribution in [0.2, 0.25) is 5.02 Å². The second-order valence-electron chi connectivity index (χ2n) is 8.97. The summed E-state index contributed by atoms with van der Waals surface area (Å²) in [6.45, 7) is 2.53. The van der Waals surface area contributed by atoms with Crippen molar-refractivity contribution in [1.82, 2.24) is 5.32 Å². The number of hydrogen-bond donors (Lipinski definition) is 3. The molecular formula is C30H39ClN2O3. The first kappa shape index (κ1) is 29.3. The third-order valence-corrected chi connectivity index (χ3v) is 6.27. The van der Waals surface area contributed by atoms with Crippen LogP contribution in [-0.2, 0) is 11.2 Å². The van der Waals surface area contributed by atoms with Gasteiger partial charge in [-0.25, -0.2) is 0 Å². The number of rotatable bonds is 16. The van der Waals surface area contributed by atoms with E-state index in [4.69, 9.17) is 16.7 Å². The van der Waals surface area contributed by atoms with Gasteiger partial charge in [0.05, 0.1) is 0 Å². The number of hydrogen-bond acceptors (Lipinski definition) is 3. The molecule has 194 valence electrons. The molecule has 5 nitrogen and oxygen atoms in total. The van der Waals surface area contributed by atoms with Crippen molar-refractivity contribution in [2.24, 2.45) is 0 Å². The number of carboxylic acid groups (broad SMARTS) is 1. The monoisotopic (exact) mass is 510 g/mol. The second kappa shape index (κ2) is 17.5. The fourth-order valence-electron chi connectivity index (χ4n) is 3.98. The predicted octanol–water partition coefficient (Wildman–Crippen LogP) is 7.08. The van der Waals surface area contributed by atoms with Gasteiger partial charge in [-0.05, 0) is 67.3 Å². The molecule has 0 unspecified atom stereocenters. The van der Waals surface area contributed by atoms with Crippen molar-refractivity contribution < 1.29 is 14.7 Å². The van der Waals surface area contributed by atoms with E-state index in [-0.39, 0.29) is 12.5 Å². The Morgan fingerprint density at radius 1 is 0.889 bits per heavy atom. The molecule has 0 aliphatic rings. The lowest BCUT2D eigenvalue weighted by atomic mass is 10.0. The Kier molecular flexibility index (Phi) is 14.2. The lowest BCUT2D eigenvalue weighted by Crippen LogP contribution is -2.29. The fraction of sp³-hybridized carbons (Fsp3) is 0.467. The van der Waals surface area contributed by atoms with Gasteiger partial charge in [-0.15, -0.1) is 0 Å². The van der Waals surface area contributed by atoms with Crippen molar-refractivity contribution in [3.8, 4) is 11.8 Å². The molecule has 2 aromatic carbocycles. The summed E-state index contributed by atoms with van der Waals surface area (Å²) in [5, 5.41) is 15.3. The number of carbonyl (C=O) groups excluding carboxylic acids is 1. The summed E-state index contributed by atoms with van der Waals surface area (Å²) in [5.41, 5.74) is 3.48. The molecule has 0 radical (unpaired) electrons. The fourth-order valence-corrected chi connectivity index (χ4v) is 4.10. The Morgan fingerprint density at radius 3 is 2.17 bits per heavy atom. The molecule has 2 rings (SSSR count). The minimum absolute atomic E-state index is 0.344. The predicted molar refractivity (Wildman–Crippen MR) is 149 cm³/mol. The van der Waals surface area contributed by atoms with Gasteiger partial charge in [0, 0.05) is 34.8 Å². The van der Waals surface area contributed by atoms with Gasteiger partial charge >= 0.3 is 5.97 Å². The molecule has 0 heterocycles. The van der Waals surface area contributed by atoms with Crippen LogP contribution in [0.4, 0.5) is 5.69 Å². The van der Waals surface area contributed by atoms with Crippen molar-refractivity contribution >= 4 is 29.2 Å². The van der Waals surface area contributed by atoms with Gasteiger partial charge in [0.1, 0.15) is 6.54 Å². The van der Waals surface area contributed by atoms with Gasteiger partial charge in [0.15, 0.2) is 0 Å². The van der Waals surface area contributed by atoms with E-state index in [1.165, 1.54) is 51.4 Å². The van der Waals surface area contributed by atoms with Crippen LogP contribution >= 0.6 is 11.6 Å². The molecule has 0 saturated heterocycles. The second-order valence-corrected chi connectivity index (χ2v) is 9.41. The summed E-state index contributed by atoms with van der Waals surface area (Å²) < 4.78 is 0. The molecule has 0 fully saturated rings. The normalized spacial score (nSPS) is 10.4. The highest BCUT2D eigenvalue weighted by Gasteiger charge is 2.12. The van der Waals surface area contributed by atoms with Crippen LogP contribution < -0.4 is 10.6 Å². The van der Waals surface area contributed by atoms with Crippen molar-refractivity contribution in [3.63, 3.8) is 0 Å². The number of benzene rings is 2. The van der Waals surface area contributed by atoms with E-state index in [2.05, 4.69) is 22.5 Å². The summed E-state index contributed by atoms with van der Waals surface area (Å²) in [6.07, 6.45) is 12.8. The maximum atomic E-state index is 12.2. The zero-order valence-corrected chi connectivity index (χ0v) is 22.1. The topological polar surface area (TPSA) is 78.4 Å². The Hall–Kier alpha value is -2.97. The molecule has 0 aromatic heterocycles. The molecule has 1 amide bonds. The van der Waals surface area contributed by atoms with E-state index in [0.717, 1.165) is 41.2 Å². The Labute approximate surface area is 221 Å². The number of unbranched alkanes of at least 4 members (excludes halogenated alkanes) is 9. The molecule has 0 saturated carbocycles. The molecule has 0 atom stereocenters. The summed E-state index contributed by atoms with van der Waals surface area (Å²) in [6, 6.07) is 13.3. The van der Waals surface area contributed by atoms with Crippen molar-refractivity contribution in [1.29, 1.82) is 0 Å². The first-order valence-electron chi connectivity index (χ1n) is 13.1. The molecule has 0 aliphatic heterocycles. The van der Waals surface area contributed by atoms with Gasteiger partial charge < -0.3 is 15.7 Å². The van der Waals surface area contributed by atoms with Crippen LogP contribution in [0.5, 0.6) is 0 Å². The summed E-state index contributed by atoms with van der Waals surface area (Å²) in [5.74, 6) is 5.05. The summed E-state index contributed by atoms with van der Waals surface area (Å²) in [4.78, 5) is 22.8. The van der Waals surface area contributed by atoms with E-state index in [0.29, 0.717) is 12.0 Å². The molecule has 3 N–H and O–H groups in total. The van der Waals surface area contributed by atoms with Crippen LogP contribution in [0.3, 0.4) is 0 Å². The van der Waals surface area contributed by atoms with Gasteiger partial charge in [0.2, 0.25) is 0 Å². The maximum absolute atomic E-state index is 12.2. The van der Waals surface area contributed by atoms with Crippen LogP contribution in [0, 0.1) is 11.8 Å². The molecule has 36 heavy (non-hydrogen) atoms. The molecule has 0 aliphatic carbocycles. The first-order valence-corrected chi connectivity index (χ1v) is 13.5. The standard InChI is InChI=1S/C30H39ClN2O3/c1-2-25-22-27(19-20-28(25)30(36)33-23-29(34)35)32-21-13-11-9-7-5-3-4-6-8-10-12-14-24-15-17-26(31)18-16-24/h15-20,22,32H,2-11,13,21,23H2,1H3,(H,33,36)(H,34,35). The van der Waals surface area contributed by atoms with E-state index in [1.54, 1.807) is 6.07 Å². The SMILES string of the molecule is CCc1cc(NCCCCCCCCCCCC#Cc2ccc(Cl)cc2)ccc1C(=O)NCC(=O)O. The van der Waals surface area contributed by atoms with Gasteiger partial charge in [-0.3, -0.25) is 9.59 Å². The summed E-state index contributed by atoms with van der Waals surface area (Å²) >= 11 is 5.88. The maximum Gasteiger partial charge on any atom is 0.322 e. The van der Waals surface area contributed by atoms with Crippen LogP contribution in [-0.4, -0.2) is 30.1 Å². The molecule has 6 heteroatoms. The van der Waals surface area contributed by atoms with E-state index in [9.17, 15) is 9.59 Å². The highest BCUT2D eigenvalue weighted by molar-refractivity contribution is 6.30. The minimum atomic E-state index is -1.05. The number of aliphatic carboxylic acids is 1. The first-order chi connectivity index (χ1) is 17.5. The van der Waals surface area contributed by atoms with Crippen LogP contribution in [0.25, 0.3) is 0 Å². The highest BCUT2D eigenvalue weighted by atomic mass is 35.5.